The van der Waals surface area contributed by atoms with Crippen LogP contribution in [0.4, 0.5) is 0 Å². The van der Waals surface area contributed by atoms with Crippen molar-refractivity contribution < 1.29 is 13.2 Å². The number of aromatic amines is 1. The summed E-state index contributed by atoms with van der Waals surface area (Å²) >= 11 is 0. The van der Waals surface area contributed by atoms with Gasteiger partial charge in [0.05, 0.1) is 23.2 Å². The second-order valence-corrected chi connectivity index (χ2v) is 9.74. The normalized spacial score (nSPS) is 24.5. The van der Waals surface area contributed by atoms with Crippen LogP contribution in [0.3, 0.4) is 0 Å². The molecule has 2 aliphatic rings. The molecule has 4 rings (SSSR count). The highest BCUT2D eigenvalue weighted by molar-refractivity contribution is 7.91. The quantitative estimate of drug-likeness (QED) is 0.771. The van der Waals surface area contributed by atoms with Gasteiger partial charge in [0.2, 0.25) is 0 Å². The molecule has 0 unspecified atom stereocenters. The van der Waals surface area contributed by atoms with Crippen LogP contribution in [-0.2, 0) is 9.84 Å². The third-order valence-electron chi connectivity index (χ3n) is 5.60. The first-order valence-electron chi connectivity index (χ1n) is 9.47. The van der Waals surface area contributed by atoms with Crippen LogP contribution in [0, 0.1) is 6.92 Å². The number of nitrogens with zero attached hydrogens (tertiary/aromatic N) is 2. The Morgan fingerprint density at radius 2 is 1.82 bits per heavy atom. The molecule has 1 aromatic carbocycles. The van der Waals surface area contributed by atoms with E-state index in [9.17, 15) is 18.0 Å². The molecule has 0 saturated carbocycles. The zero-order valence-corrected chi connectivity index (χ0v) is 16.5. The number of sulfone groups is 1. The standard InChI is InChI=1S/C19H24N4O4S/c1-13-10-20-19(25)23(13)15-6-4-14(5-7-15)18(24)21-16-11-28(26,27)12-17(16)22-8-2-3-9-22/h4-7,10,16-17H,2-3,8-9,11-12H2,1H3,(H,20,25)(H,21,24)/t16-,17+/m0/s1. The highest BCUT2D eigenvalue weighted by Crippen LogP contribution is 2.23. The maximum absolute atomic E-state index is 12.7. The molecule has 150 valence electrons. The van der Waals surface area contributed by atoms with Crippen LogP contribution in [-0.4, -0.2) is 65.5 Å². The van der Waals surface area contributed by atoms with Crippen molar-refractivity contribution in [2.75, 3.05) is 24.6 Å². The molecule has 28 heavy (non-hydrogen) atoms. The third-order valence-corrected chi connectivity index (χ3v) is 7.31. The molecule has 0 aliphatic carbocycles. The van der Waals surface area contributed by atoms with Gasteiger partial charge in [-0.2, -0.15) is 0 Å². The van der Waals surface area contributed by atoms with E-state index in [0.29, 0.717) is 11.3 Å². The second kappa shape index (κ2) is 7.21. The van der Waals surface area contributed by atoms with E-state index in [1.54, 1.807) is 30.5 Å². The van der Waals surface area contributed by atoms with Crippen molar-refractivity contribution in [1.29, 1.82) is 0 Å². The molecular formula is C19H24N4O4S. The molecule has 2 aliphatic heterocycles. The molecule has 1 aromatic heterocycles. The van der Waals surface area contributed by atoms with E-state index < -0.39 is 15.9 Å². The molecular weight excluding hydrogens is 380 g/mol. The lowest BCUT2D eigenvalue weighted by molar-refractivity contribution is 0.0918. The van der Waals surface area contributed by atoms with Gasteiger partial charge in [-0.25, -0.2) is 13.2 Å². The van der Waals surface area contributed by atoms with Gasteiger partial charge < -0.3 is 10.3 Å². The van der Waals surface area contributed by atoms with Crippen molar-refractivity contribution in [1.82, 2.24) is 19.8 Å². The minimum atomic E-state index is -3.15. The highest BCUT2D eigenvalue weighted by atomic mass is 32.2. The average molecular weight is 404 g/mol. The van der Waals surface area contributed by atoms with Crippen molar-refractivity contribution in [3.05, 3.63) is 52.2 Å². The number of benzene rings is 1. The Kier molecular flexibility index (Phi) is 4.88. The van der Waals surface area contributed by atoms with E-state index in [1.807, 2.05) is 6.92 Å². The topological polar surface area (TPSA) is 104 Å². The number of amides is 1. The molecule has 0 spiro atoms. The lowest BCUT2D eigenvalue weighted by Gasteiger charge is -2.28. The number of rotatable bonds is 4. The number of aromatic nitrogens is 2. The van der Waals surface area contributed by atoms with E-state index in [-0.39, 0.29) is 29.1 Å². The monoisotopic (exact) mass is 404 g/mol. The summed E-state index contributed by atoms with van der Waals surface area (Å²) in [5, 5.41) is 2.92. The summed E-state index contributed by atoms with van der Waals surface area (Å²) in [5.41, 5.74) is 1.64. The van der Waals surface area contributed by atoms with E-state index >= 15 is 0 Å². The molecule has 2 fully saturated rings. The molecule has 2 saturated heterocycles. The minimum absolute atomic E-state index is 0.0179. The van der Waals surface area contributed by atoms with Crippen LogP contribution in [0.25, 0.3) is 5.69 Å². The van der Waals surface area contributed by atoms with Crippen LogP contribution < -0.4 is 11.0 Å². The molecule has 2 atom stereocenters. The number of hydrogen-bond acceptors (Lipinski definition) is 5. The number of aryl methyl sites for hydroxylation is 1. The molecule has 0 bridgehead atoms. The molecule has 2 N–H and O–H groups in total. The lowest BCUT2D eigenvalue weighted by Crippen LogP contribution is -2.50. The SMILES string of the molecule is Cc1c[nH]c(=O)n1-c1ccc(C(=O)N[C@H]2CS(=O)(=O)C[C@H]2N2CCCC2)cc1. The predicted molar refractivity (Wildman–Crippen MR) is 106 cm³/mol. The summed E-state index contributed by atoms with van der Waals surface area (Å²) in [6, 6.07) is 6.16. The second-order valence-electron chi connectivity index (χ2n) is 7.58. The molecule has 3 heterocycles. The predicted octanol–water partition coefficient (Wildman–Crippen LogP) is 0.465. The number of imidazole rings is 1. The Hall–Kier alpha value is -2.39. The van der Waals surface area contributed by atoms with Gasteiger partial charge >= 0.3 is 5.69 Å². The van der Waals surface area contributed by atoms with Gasteiger partial charge in [0.1, 0.15) is 0 Å². The Morgan fingerprint density at radius 3 is 2.43 bits per heavy atom. The van der Waals surface area contributed by atoms with Crippen molar-refractivity contribution in [2.24, 2.45) is 0 Å². The van der Waals surface area contributed by atoms with Crippen molar-refractivity contribution in [3.63, 3.8) is 0 Å². The van der Waals surface area contributed by atoms with Gasteiger partial charge in [0, 0.05) is 23.5 Å². The minimum Gasteiger partial charge on any atom is -0.347 e. The summed E-state index contributed by atoms with van der Waals surface area (Å²) in [6.07, 6.45) is 3.76. The molecule has 2 aromatic rings. The first kappa shape index (κ1) is 18.9. The van der Waals surface area contributed by atoms with Gasteiger partial charge in [-0.3, -0.25) is 14.3 Å². The van der Waals surface area contributed by atoms with Crippen LogP contribution in [0.1, 0.15) is 28.9 Å². The smallest absolute Gasteiger partial charge is 0.330 e. The maximum atomic E-state index is 12.7. The zero-order chi connectivity index (χ0) is 19.9. The zero-order valence-electron chi connectivity index (χ0n) is 15.7. The van der Waals surface area contributed by atoms with Gasteiger partial charge in [0.25, 0.3) is 5.91 Å². The van der Waals surface area contributed by atoms with Crippen LogP contribution >= 0.6 is 0 Å². The molecule has 1 amide bonds. The Bertz CT molecular complexity index is 1030. The maximum Gasteiger partial charge on any atom is 0.330 e. The van der Waals surface area contributed by atoms with Gasteiger partial charge in [-0.1, -0.05) is 0 Å². The molecule has 8 nitrogen and oxygen atoms in total. The van der Waals surface area contributed by atoms with Crippen LogP contribution in [0.5, 0.6) is 0 Å². The van der Waals surface area contributed by atoms with Crippen molar-refractivity contribution in [3.8, 4) is 5.69 Å². The largest absolute Gasteiger partial charge is 0.347 e. The number of hydrogen-bond donors (Lipinski definition) is 2. The van der Waals surface area contributed by atoms with Gasteiger partial charge in [-0.15, -0.1) is 0 Å². The van der Waals surface area contributed by atoms with Crippen molar-refractivity contribution in [2.45, 2.75) is 31.8 Å². The average Bonchev–Trinajstić information content (AvgIpc) is 3.35. The lowest BCUT2D eigenvalue weighted by atomic mass is 10.1. The summed E-state index contributed by atoms with van der Waals surface area (Å²) in [7, 11) is -3.15. The fourth-order valence-corrected chi connectivity index (χ4v) is 6.14. The van der Waals surface area contributed by atoms with E-state index in [1.165, 1.54) is 4.57 Å². The summed E-state index contributed by atoms with van der Waals surface area (Å²) in [6.45, 7) is 3.58. The van der Waals surface area contributed by atoms with E-state index in [4.69, 9.17) is 0 Å². The first-order valence-corrected chi connectivity index (χ1v) is 11.3. The fraction of sp³-hybridized carbons (Fsp3) is 0.474. The summed E-state index contributed by atoms with van der Waals surface area (Å²) in [5.74, 6) is -0.210. The van der Waals surface area contributed by atoms with E-state index in [2.05, 4.69) is 15.2 Å². The number of likely N-dealkylation sites (tertiary alicyclic amines) is 1. The Balaban J connectivity index is 1.50. The first-order chi connectivity index (χ1) is 13.3. The summed E-state index contributed by atoms with van der Waals surface area (Å²) < 4.78 is 25.8. The number of carbonyl (C=O) groups is 1. The fourth-order valence-electron chi connectivity index (χ4n) is 4.19. The van der Waals surface area contributed by atoms with Crippen molar-refractivity contribution >= 4 is 15.7 Å². The number of H-pyrrole nitrogens is 1. The third kappa shape index (κ3) is 3.64. The van der Waals surface area contributed by atoms with E-state index in [0.717, 1.165) is 31.6 Å². The van der Waals surface area contributed by atoms with Gasteiger partial charge in [0.15, 0.2) is 9.84 Å². The number of carbonyl (C=O) groups excluding carboxylic acids is 1. The molecule has 9 heteroatoms. The van der Waals surface area contributed by atoms with Gasteiger partial charge in [-0.05, 0) is 57.1 Å². The molecule has 0 radical (unpaired) electrons. The number of nitrogens with one attached hydrogen (secondary N) is 2. The van der Waals surface area contributed by atoms with Crippen LogP contribution in [0.15, 0.2) is 35.3 Å². The Morgan fingerprint density at radius 1 is 1.14 bits per heavy atom. The summed E-state index contributed by atoms with van der Waals surface area (Å²) in [4.78, 5) is 29.4. The Labute approximate surface area is 163 Å². The highest BCUT2D eigenvalue weighted by Gasteiger charge is 2.42. The van der Waals surface area contributed by atoms with Crippen LogP contribution in [0.2, 0.25) is 0 Å².